The lowest BCUT2D eigenvalue weighted by atomic mass is 10.1. The van der Waals surface area contributed by atoms with E-state index in [-0.39, 0.29) is 0 Å². The van der Waals surface area contributed by atoms with Gasteiger partial charge in [-0.25, -0.2) is 4.98 Å². The van der Waals surface area contributed by atoms with Gasteiger partial charge in [-0.2, -0.15) is 0 Å². The minimum Gasteiger partial charge on any atom is -0.308 e. The van der Waals surface area contributed by atoms with Gasteiger partial charge in [0.15, 0.2) is 0 Å². The van der Waals surface area contributed by atoms with Crippen molar-refractivity contribution >= 4 is 11.3 Å². The molecule has 0 aliphatic heterocycles. The molecule has 2 nitrogen and oxygen atoms in total. The minimum absolute atomic E-state index is 0.300. The van der Waals surface area contributed by atoms with Gasteiger partial charge in [-0.15, -0.1) is 23.2 Å². The first-order valence-electron chi connectivity index (χ1n) is 4.89. The van der Waals surface area contributed by atoms with Crippen LogP contribution in [0.15, 0.2) is 10.9 Å². The minimum atomic E-state index is 0.300. The Bertz CT molecular complexity index is 295. The van der Waals surface area contributed by atoms with Gasteiger partial charge in [0, 0.05) is 11.8 Å². The van der Waals surface area contributed by atoms with Crippen molar-refractivity contribution in [2.75, 3.05) is 6.54 Å². The van der Waals surface area contributed by atoms with Crippen LogP contribution in [-0.4, -0.2) is 11.5 Å². The van der Waals surface area contributed by atoms with Crippen molar-refractivity contribution in [3.05, 3.63) is 16.6 Å². The van der Waals surface area contributed by atoms with Crippen molar-refractivity contribution in [1.82, 2.24) is 10.3 Å². The lowest BCUT2D eigenvalue weighted by Gasteiger charge is -2.12. The predicted molar refractivity (Wildman–Crippen MR) is 61.2 cm³/mol. The summed E-state index contributed by atoms with van der Waals surface area (Å²) in [5, 5.41) is 5.54. The van der Waals surface area contributed by atoms with Crippen LogP contribution in [0.25, 0.3) is 0 Å². The molecular formula is C11H16N2S. The Balaban J connectivity index is 2.55. The number of hydrogen-bond acceptors (Lipinski definition) is 3. The van der Waals surface area contributed by atoms with E-state index in [1.54, 1.807) is 11.3 Å². The number of thiazole rings is 1. The predicted octanol–water partition coefficient (Wildman–Crippen LogP) is 2.60. The highest BCUT2D eigenvalue weighted by Crippen LogP contribution is 2.15. The number of nitrogens with one attached hydrogen (secondary N) is 1. The number of nitrogens with zero attached hydrogens (tertiary/aromatic N) is 1. The SMILES string of the molecule is CC#CCC(NCCC)c1cscn1. The Hall–Kier alpha value is -0.850. The molecule has 3 heteroatoms. The van der Waals surface area contributed by atoms with Gasteiger partial charge in [0.2, 0.25) is 0 Å². The fraction of sp³-hybridized carbons (Fsp3) is 0.545. The molecule has 0 aliphatic rings. The molecule has 1 aromatic rings. The van der Waals surface area contributed by atoms with E-state index >= 15 is 0 Å². The van der Waals surface area contributed by atoms with Gasteiger partial charge in [0.1, 0.15) is 0 Å². The molecule has 0 spiro atoms. The maximum absolute atomic E-state index is 4.31. The molecule has 1 unspecified atom stereocenters. The third-order valence-electron chi connectivity index (χ3n) is 1.93. The van der Waals surface area contributed by atoms with E-state index in [1.807, 2.05) is 12.4 Å². The molecule has 0 aromatic carbocycles. The summed E-state index contributed by atoms with van der Waals surface area (Å²) >= 11 is 1.64. The fourth-order valence-electron chi connectivity index (χ4n) is 1.20. The van der Waals surface area contributed by atoms with Crippen molar-refractivity contribution in [1.29, 1.82) is 0 Å². The Morgan fingerprint density at radius 3 is 3.07 bits per heavy atom. The third kappa shape index (κ3) is 3.49. The average Bonchev–Trinajstić information content (AvgIpc) is 2.71. The quantitative estimate of drug-likeness (QED) is 0.752. The second-order valence-electron chi connectivity index (χ2n) is 3.05. The van der Waals surface area contributed by atoms with Crippen molar-refractivity contribution < 1.29 is 0 Å². The van der Waals surface area contributed by atoms with Gasteiger partial charge in [-0.3, -0.25) is 0 Å². The van der Waals surface area contributed by atoms with E-state index in [9.17, 15) is 0 Å². The molecule has 1 N–H and O–H groups in total. The molecular weight excluding hydrogens is 192 g/mol. The first kappa shape index (κ1) is 11.2. The third-order valence-corrected chi connectivity index (χ3v) is 2.54. The molecule has 1 atom stereocenters. The topological polar surface area (TPSA) is 24.9 Å². The van der Waals surface area contributed by atoms with E-state index in [1.165, 1.54) is 0 Å². The summed E-state index contributed by atoms with van der Waals surface area (Å²) in [5.74, 6) is 6.02. The highest BCUT2D eigenvalue weighted by atomic mass is 32.1. The van der Waals surface area contributed by atoms with Crippen LogP contribution in [0.4, 0.5) is 0 Å². The van der Waals surface area contributed by atoms with Gasteiger partial charge >= 0.3 is 0 Å². The summed E-state index contributed by atoms with van der Waals surface area (Å²) < 4.78 is 0. The first-order valence-corrected chi connectivity index (χ1v) is 5.83. The summed E-state index contributed by atoms with van der Waals surface area (Å²) in [6.07, 6.45) is 1.99. The molecule has 0 bridgehead atoms. The molecule has 1 rings (SSSR count). The molecule has 1 heterocycles. The molecule has 0 radical (unpaired) electrons. The van der Waals surface area contributed by atoms with Crippen molar-refractivity contribution in [2.24, 2.45) is 0 Å². The number of aromatic nitrogens is 1. The zero-order valence-corrected chi connectivity index (χ0v) is 9.53. The molecule has 14 heavy (non-hydrogen) atoms. The number of rotatable bonds is 5. The average molecular weight is 208 g/mol. The monoisotopic (exact) mass is 208 g/mol. The molecule has 0 aliphatic carbocycles. The Kier molecular flexibility index (Phi) is 5.28. The Morgan fingerprint density at radius 1 is 1.64 bits per heavy atom. The summed E-state index contributed by atoms with van der Waals surface area (Å²) in [6, 6.07) is 0.300. The summed E-state index contributed by atoms with van der Waals surface area (Å²) in [6.45, 7) is 5.06. The van der Waals surface area contributed by atoms with E-state index in [4.69, 9.17) is 0 Å². The smallest absolute Gasteiger partial charge is 0.0795 e. The van der Waals surface area contributed by atoms with Gasteiger partial charge in [0.25, 0.3) is 0 Å². The summed E-state index contributed by atoms with van der Waals surface area (Å²) in [5.41, 5.74) is 2.99. The van der Waals surface area contributed by atoms with Gasteiger partial charge in [-0.05, 0) is 19.9 Å². The Labute approximate surface area is 89.8 Å². The molecule has 0 saturated heterocycles. The van der Waals surface area contributed by atoms with Gasteiger partial charge in [-0.1, -0.05) is 6.92 Å². The standard InChI is InChI=1S/C11H16N2S/c1-3-5-6-10(12-7-4-2)11-8-14-9-13-11/h8-10,12H,4,6-7H2,1-2H3. The van der Waals surface area contributed by atoms with E-state index in [2.05, 4.69) is 34.4 Å². The molecule has 0 amide bonds. The molecule has 76 valence electrons. The van der Waals surface area contributed by atoms with E-state index in [0.29, 0.717) is 6.04 Å². The fourth-order valence-corrected chi connectivity index (χ4v) is 1.81. The van der Waals surface area contributed by atoms with Crippen molar-refractivity contribution in [2.45, 2.75) is 32.7 Å². The largest absolute Gasteiger partial charge is 0.308 e. The van der Waals surface area contributed by atoms with Crippen LogP contribution in [0.5, 0.6) is 0 Å². The van der Waals surface area contributed by atoms with E-state index < -0.39 is 0 Å². The van der Waals surface area contributed by atoms with Gasteiger partial charge in [0.05, 0.1) is 17.2 Å². The summed E-state index contributed by atoms with van der Waals surface area (Å²) in [4.78, 5) is 4.31. The van der Waals surface area contributed by atoms with E-state index in [0.717, 1.165) is 25.1 Å². The van der Waals surface area contributed by atoms with Crippen LogP contribution in [0.1, 0.15) is 38.4 Å². The normalized spacial score (nSPS) is 11.9. The van der Waals surface area contributed by atoms with Crippen molar-refractivity contribution in [3.63, 3.8) is 0 Å². The summed E-state index contributed by atoms with van der Waals surface area (Å²) in [7, 11) is 0. The lowest BCUT2D eigenvalue weighted by Crippen LogP contribution is -2.21. The second-order valence-corrected chi connectivity index (χ2v) is 3.77. The number of hydrogen-bond donors (Lipinski definition) is 1. The van der Waals surface area contributed by atoms with Crippen LogP contribution in [0.2, 0.25) is 0 Å². The molecule has 1 aromatic heterocycles. The second kappa shape index (κ2) is 6.58. The molecule has 0 fully saturated rings. The Morgan fingerprint density at radius 2 is 2.50 bits per heavy atom. The zero-order valence-electron chi connectivity index (χ0n) is 8.71. The lowest BCUT2D eigenvalue weighted by molar-refractivity contribution is 0.533. The highest BCUT2D eigenvalue weighted by Gasteiger charge is 2.10. The van der Waals surface area contributed by atoms with Crippen LogP contribution in [-0.2, 0) is 0 Å². The van der Waals surface area contributed by atoms with Crippen molar-refractivity contribution in [3.8, 4) is 11.8 Å². The zero-order chi connectivity index (χ0) is 10.2. The first-order chi connectivity index (χ1) is 6.88. The van der Waals surface area contributed by atoms with Crippen LogP contribution < -0.4 is 5.32 Å². The maximum atomic E-state index is 4.31. The highest BCUT2D eigenvalue weighted by molar-refractivity contribution is 7.07. The van der Waals surface area contributed by atoms with Gasteiger partial charge < -0.3 is 5.32 Å². The van der Waals surface area contributed by atoms with Crippen LogP contribution >= 0.6 is 11.3 Å². The maximum Gasteiger partial charge on any atom is 0.0795 e. The van der Waals surface area contributed by atoms with Crippen LogP contribution in [0.3, 0.4) is 0 Å². The van der Waals surface area contributed by atoms with Crippen LogP contribution in [0, 0.1) is 11.8 Å². The molecule has 0 saturated carbocycles.